The van der Waals surface area contributed by atoms with Crippen LogP contribution in [0.25, 0.3) is 0 Å². The van der Waals surface area contributed by atoms with E-state index < -0.39 is 0 Å². The highest BCUT2D eigenvalue weighted by Gasteiger charge is 2.13. The van der Waals surface area contributed by atoms with E-state index in [0.29, 0.717) is 6.04 Å². The van der Waals surface area contributed by atoms with Gasteiger partial charge in [-0.15, -0.1) is 0 Å². The molecule has 1 N–H and O–H groups in total. The lowest BCUT2D eigenvalue weighted by atomic mass is 10.1. The molecular weight excluding hydrogens is 218 g/mol. The van der Waals surface area contributed by atoms with E-state index in [1.807, 2.05) is 11.8 Å². The zero-order valence-electron chi connectivity index (χ0n) is 9.95. The van der Waals surface area contributed by atoms with Gasteiger partial charge in [0.2, 0.25) is 0 Å². The smallest absolute Gasteiger partial charge is 0.119 e. The number of benzene rings is 1. The van der Waals surface area contributed by atoms with Crippen LogP contribution in [-0.4, -0.2) is 30.7 Å². The quantitative estimate of drug-likeness (QED) is 0.872. The zero-order valence-corrected chi connectivity index (χ0v) is 10.8. The molecular formula is C13H19NOS. The fourth-order valence-corrected chi connectivity index (χ4v) is 2.87. The third kappa shape index (κ3) is 3.42. The van der Waals surface area contributed by atoms with Gasteiger partial charge >= 0.3 is 0 Å². The molecule has 0 radical (unpaired) electrons. The molecule has 0 spiro atoms. The summed E-state index contributed by atoms with van der Waals surface area (Å²) in [7, 11) is 0. The molecule has 1 unspecified atom stereocenters. The van der Waals surface area contributed by atoms with Crippen LogP contribution in [-0.2, 0) is 0 Å². The molecule has 0 amide bonds. The number of ether oxygens (including phenoxy) is 1. The van der Waals surface area contributed by atoms with Crippen molar-refractivity contribution in [3.05, 3.63) is 29.3 Å². The van der Waals surface area contributed by atoms with E-state index >= 15 is 0 Å². The summed E-state index contributed by atoms with van der Waals surface area (Å²) in [5, 5.41) is 3.47. The Hall–Kier alpha value is -0.670. The fourth-order valence-electron chi connectivity index (χ4n) is 1.94. The molecule has 1 aliphatic rings. The minimum Gasteiger partial charge on any atom is -0.492 e. The number of aryl methyl sites for hydroxylation is 2. The van der Waals surface area contributed by atoms with Crippen LogP contribution in [0.3, 0.4) is 0 Å². The Balaban J connectivity index is 1.88. The predicted octanol–water partition coefficient (Wildman–Crippen LogP) is 2.39. The van der Waals surface area contributed by atoms with Crippen LogP contribution in [0.2, 0.25) is 0 Å². The maximum Gasteiger partial charge on any atom is 0.119 e. The van der Waals surface area contributed by atoms with Crippen LogP contribution >= 0.6 is 11.8 Å². The first-order chi connectivity index (χ1) is 7.74. The van der Waals surface area contributed by atoms with E-state index in [1.165, 1.54) is 16.9 Å². The van der Waals surface area contributed by atoms with E-state index in [0.717, 1.165) is 24.7 Å². The van der Waals surface area contributed by atoms with Gasteiger partial charge in [0.25, 0.3) is 0 Å². The summed E-state index contributed by atoms with van der Waals surface area (Å²) in [5.74, 6) is 3.38. The molecule has 0 bridgehead atoms. The topological polar surface area (TPSA) is 21.3 Å². The lowest BCUT2D eigenvalue weighted by Crippen LogP contribution is -2.41. The number of rotatable bonds is 3. The standard InChI is InChI=1S/C13H19NOS/c1-10-5-11(2)7-13(6-10)15-8-12-9-16-4-3-14-12/h5-7,12,14H,3-4,8-9H2,1-2H3. The third-order valence-electron chi connectivity index (χ3n) is 2.64. The number of hydrogen-bond acceptors (Lipinski definition) is 3. The van der Waals surface area contributed by atoms with E-state index in [-0.39, 0.29) is 0 Å². The molecule has 88 valence electrons. The van der Waals surface area contributed by atoms with Crippen molar-refractivity contribution in [1.29, 1.82) is 0 Å². The minimum atomic E-state index is 0.500. The van der Waals surface area contributed by atoms with Gasteiger partial charge in [0.15, 0.2) is 0 Å². The Morgan fingerprint density at radius 2 is 2.06 bits per heavy atom. The van der Waals surface area contributed by atoms with Gasteiger partial charge in [0, 0.05) is 18.1 Å². The van der Waals surface area contributed by atoms with Crippen molar-refractivity contribution in [2.75, 3.05) is 24.7 Å². The summed E-state index contributed by atoms with van der Waals surface area (Å²) < 4.78 is 5.83. The van der Waals surface area contributed by atoms with Gasteiger partial charge in [-0.25, -0.2) is 0 Å². The van der Waals surface area contributed by atoms with Crippen LogP contribution in [0.5, 0.6) is 5.75 Å². The van der Waals surface area contributed by atoms with E-state index in [9.17, 15) is 0 Å². The molecule has 1 aromatic rings. The Morgan fingerprint density at radius 3 is 2.69 bits per heavy atom. The van der Waals surface area contributed by atoms with Crippen molar-refractivity contribution >= 4 is 11.8 Å². The average Bonchev–Trinajstić information content (AvgIpc) is 2.27. The monoisotopic (exact) mass is 237 g/mol. The van der Waals surface area contributed by atoms with Crippen molar-refractivity contribution in [1.82, 2.24) is 5.32 Å². The van der Waals surface area contributed by atoms with Gasteiger partial charge in [-0.3, -0.25) is 0 Å². The Kier molecular flexibility index (Phi) is 4.13. The molecule has 0 saturated carbocycles. The summed E-state index contributed by atoms with van der Waals surface area (Å²) in [6.45, 7) is 6.09. The third-order valence-corrected chi connectivity index (χ3v) is 3.78. The van der Waals surface area contributed by atoms with Crippen LogP contribution in [0.1, 0.15) is 11.1 Å². The maximum absolute atomic E-state index is 5.83. The Labute approximate surface area is 102 Å². The SMILES string of the molecule is Cc1cc(C)cc(OCC2CSCCN2)c1. The van der Waals surface area contributed by atoms with Crippen molar-refractivity contribution in [3.8, 4) is 5.75 Å². The zero-order chi connectivity index (χ0) is 11.4. The molecule has 3 heteroatoms. The molecule has 1 fully saturated rings. The Bertz CT molecular complexity index is 328. The molecule has 0 aromatic heterocycles. The normalized spacial score (nSPS) is 20.8. The van der Waals surface area contributed by atoms with Crippen LogP contribution in [0, 0.1) is 13.8 Å². The van der Waals surface area contributed by atoms with Gasteiger partial charge in [0.1, 0.15) is 12.4 Å². The molecule has 1 atom stereocenters. The molecule has 1 saturated heterocycles. The molecule has 0 aliphatic carbocycles. The first kappa shape index (κ1) is 11.8. The molecule has 1 heterocycles. The highest BCUT2D eigenvalue weighted by Crippen LogP contribution is 2.17. The summed E-state index contributed by atoms with van der Waals surface area (Å²) in [6.07, 6.45) is 0. The van der Waals surface area contributed by atoms with Gasteiger partial charge in [-0.2, -0.15) is 11.8 Å². The van der Waals surface area contributed by atoms with Gasteiger partial charge in [-0.1, -0.05) is 6.07 Å². The van der Waals surface area contributed by atoms with Crippen LogP contribution in [0.15, 0.2) is 18.2 Å². The minimum absolute atomic E-state index is 0.500. The highest BCUT2D eigenvalue weighted by molar-refractivity contribution is 7.99. The lowest BCUT2D eigenvalue weighted by molar-refractivity contribution is 0.275. The molecule has 2 rings (SSSR count). The van der Waals surface area contributed by atoms with Gasteiger partial charge in [-0.05, 0) is 37.1 Å². The van der Waals surface area contributed by atoms with Crippen molar-refractivity contribution in [2.24, 2.45) is 0 Å². The van der Waals surface area contributed by atoms with E-state index in [4.69, 9.17) is 4.74 Å². The Morgan fingerprint density at radius 1 is 1.31 bits per heavy atom. The highest BCUT2D eigenvalue weighted by atomic mass is 32.2. The first-order valence-corrected chi connectivity index (χ1v) is 6.92. The van der Waals surface area contributed by atoms with Gasteiger partial charge in [0.05, 0.1) is 6.04 Å². The molecule has 2 nitrogen and oxygen atoms in total. The second-order valence-corrected chi connectivity index (χ2v) is 5.51. The first-order valence-electron chi connectivity index (χ1n) is 5.76. The van der Waals surface area contributed by atoms with E-state index in [2.05, 4.69) is 37.4 Å². The van der Waals surface area contributed by atoms with Crippen molar-refractivity contribution < 1.29 is 4.74 Å². The molecule has 1 aliphatic heterocycles. The van der Waals surface area contributed by atoms with Crippen molar-refractivity contribution in [2.45, 2.75) is 19.9 Å². The van der Waals surface area contributed by atoms with Crippen LogP contribution in [0.4, 0.5) is 0 Å². The summed E-state index contributed by atoms with van der Waals surface area (Å²) in [6, 6.07) is 6.87. The largest absolute Gasteiger partial charge is 0.492 e. The van der Waals surface area contributed by atoms with Crippen molar-refractivity contribution in [3.63, 3.8) is 0 Å². The number of hydrogen-bond donors (Lipinski definition) is 1. The molecule has 1 aromatic carbocycles. The van der Waals surface area contributed by atoms with Crippen LogP contribution < -0.4 is 10.1 Å². The maximum atomic E-state index is 5.83. The number of thioether (sulfide) groups is 1. The summed E-state index contributed by atoms with van der Waals surface area (Å²) in [5.41, 5.74) is 2.53. The molecule has 16 heavy (non-hydrogen) atoms. The summed E-state index contributed by atoms with van der Waals surface area (Å²) >= 11 is 2.00. The summed E-state index contributed by atoms with van der Waals surface area (Å²) in [4.78, 5) is 0. The fraction of sp³-hybridized carbons (Fsp3) is 0.538. The van der Waals surface area contributed by atoms with Gasteiger partial charge < -0.3 is 10.1 Å². The van der Waals surface area contributed by atoms with E-state index in [1.54, 1.807) is 0 Å². The lowest BCUT2D eigenvalue weighted by Gasteiger charge is -2.23. The average molecular weight is 237 g/mol. The number of nitrogens with one attached hydrogen (secondary N) is 1. The second kappa shape index (κ2) is 5.60. The second-order valence-electron chi connectivity index (χ2n) is 4.36. The predicted molar refractivity (Wildman–Crippen MR) is 70.5 cm³/mol.